The number of ketones is 1. The van der Waals surface area contributed by atoms with E-state index >= 15 is 4.39 Å². The summed E-state index contributed by atoms with van der Waals surface area (Å²) in [6.07, 6.45) is 2.58. The van der Waals surface area contributed by atoms with Crippen molar-refractivity contribution in [1.29, 1.82) is 0 Å². The minimum atomic E-state index is -0.575. The molecular weight excluding hydrogens is 429 g/mol. The standard InChI is InChI=1S/C28H34FN3O2/c1-6-7-12-25-22(27(34)32(18(2)31-25)17-26(33)28(3,4)5)15-20-14-13-19(16-23(20)29)21-10-8-9-11-24(21)30/h8-11,13-14,16H,6-7,12,15,17,30H2,1-5H3. The molecule has 34 heavy (non-hydrogen) atoms. The zero-order valence-electron chi connectivity index (χ0n) is 20.7. The van der Waals surface area contributed by atoms with Crippen molar-refractivity contribution in [2.45, 2.75) is 66.8 Å². The Morgan fingerprint density at radius 1 is 1.15 bits per heavy atom. The number of hydrogen-bond acceptors (Lipinski definition) is 4. The maximum absolute atomic E-state index is 15.2. The van der Waals surface area contributed by atoms with Crippen molar-refractivity contribution in [3.8, 4) is 11.1 Å². The van der Waals surface area contributed by atoms with Crippen molar-refractivity contribution in [3.63, 3.8) is 0 Å². The van der Waals surface area contributed by atoms with Gasteiger partial charge in [-0.05, 0) is 43.0 Å². The highest BCUT2D eigenvalue weighted by Gasteiger charge is 2.24. The number of aryl methyl sites for hydroxylation is 2. The molecule has 0 atom stereocenters. The Bertz CT molecular complexity index is 1260. The molecule has 1 aromatic heterocycles. The van der Waals surface area contributed by atoms with Crippen LogP contribution in [0.4, 0.5) is 10.1 Å². The number of nitrogens with two attached hydrogens (primary N) is 1. The maximum Gasteiger partial charge on any atom is 0.257 e. The fraction of sp³-hybridized carbons (Fsp3) is 0.393. The van der Waals surface area contributed by atoms with Crippen molar-refractivity contribution in [1.82, 2.24) is 9.55 Å². The highest BCUT2D eigenvalue weighted by Crippen LogP contribution is 2.28. The number of nitrogens with zero attached hydrogens (tertiary/aromatic N) is 2. The van der Waals surface area contributed by atoms with Crippen molar-refractivity contribution in [2.24, 2.45) is 5.41 Å². The van der Waals surface area contributed by atoms with E-state index in [0.717, 1.165) is 18.4 Å². The summed E-state index contributed by atoms with van der Waals surface area (Å²) in [6.45, 7) is 9.26. The third kappa shape index (κ3) is 5.61. The lowest BCUT2D eigenvalue weighted by molar-refractivity contribution is -0.127. The zero-order chi connectivity index (χ0) is 25.0. The first kappa shape index (κ1) is 25.3. The number of unbranched alkanes of at least 4 members (excludes halogenated alkanes) is 1. The summed E-state index contributed by atoms with van der Waals surface area (Å²) in [4.78, 5) is 30.9. The molecule has 3 rings (SSSR count). The molecule has 0 saturated heterocycles. The first-order chi connectivity index (χ1) is 16.0. The number of nitrogen functional groups attached to an aromatic ring is 1. The molecule has 180 valence electrons. The van der Waals surface area contributed by atoms with E-state index in [1.165, 1.54) is 10.6 Å². The van der Waals surface area contributed by atoms with Crippen LogP contribution in [0, 0.1) is 18.2 Å². The van der Waals surface area contributed by atoms with Gasteiger partial charge in [0.25, 0.3) is 5.56 Å². The molecule has 3 aromatic rings. The summed E-state index contributed by atoms with van der Waals surface area (Å²) in [6, 6.07) is 12.3. The van der Waals surface area contributed by atoms with Gasteiger partial charge >= 0.3 is 0 Å². The van der Waals surface area contributed by atoms with Crippen molar-refractivity contribution in [2.75, 3.05) is 5.73 Å². The molecule has 0 amide bonds. The first-order valence-electron chi connectivity index (χ1n) is 11.8. The van der Waals surface area contributed by atoms with Crippen LogP contribution in [-0.4, -0.2) is 15.3 Å². The molecule has 0 saturated carbocycles. The second-order valence-electron chi connectivity index (χ2n) is 9.82. The molecule has 0 unspecified atom stereocenters. The maximum atomic E-state index is 15.2. The van der Waals surface area contributed by atoms with Gasteiger partial charge in [-0.3, -0.25) is 14.2 Å². The molecule has 0 radical (unpaired) electrons. The Kier molecular flexibility index (Phi) is 7.70. The van der Waals surface area contributed by atoms with Crippen LogP contribution in [0.3, 0.4) is 0 Å². The van der Waals surface area contributed by atoms with Crippen molar-refractivity contribution >= 4 is 11.5 Å². The van der Waals surface area contributed by atoms with Crippen LogP contribution in [0.1, 0.15) is 63.2 Å². The van der Waals surface area contributed by atoms with Crippen molar-refractivity contribution < 1.29 is 9.18 Å². The van der Waals surface area contributed by atoms with Crippen LogP contribution < -0.4 is 11.3 Å². The van der Waals surface area contributed by atoms with E-state index in [1.54, 1.807) is 19.1 Å². The largest absolute Gasteiger partial charge is 0.398 e. The molecular formula is C28H34FN3O2. The zero-order valence-corrected chi connectivity index (χ0v) is 20.7. The molecule has 0 aliphatic carbocycles. The normalized spacial score (nSPS) is 11.6. The topological polar surface area (TPSA) is 78.0 Å². The number of para-hydroxylation sites is 1. The third-order valence-electron chi connectivity index (χ3n) is 6.14. The lowest BCUT2D eigenvalue weighted by atomic mass is 9.90. The molecule has 6 heteroatoms. The van der Waals surface area contributed by atoms with Crippen LogP contribution in [0.2, 0.25) is 0 Å². The molecule has 2 aromatic carbocycles. The van der Waals surface area contributed by atoms with Gasteiger partial charge in [0.15, 0.2) is 5.78 Å². The number of anilines is 1. The van der Waals surface area contributed by atoms with E-state index in [-0.39, 0.29) is 24.3 Å². The Labute approximate surface area is 200 Å². The smallest absolute Gasteiger partial charge is 0.257 e. The summed E-state index contributed by atoms with van der Waals surface area (Å²) in [5, 5.41) is 0. The number of Topliss-reactive ketones (excluding diaryl/α,β-unsaturated/α-hetero) is 1. The third-order valence-corrected chi connectivity index (χ3v) is 6.14. The molecule has 0 bridgehead atoms. The van der Waals surface area contributed by atoms with Gasteiger partial charge in [-0.2, -0.15) is 0 Å². The Hall–Kier alpha value is -3.28. The molecule has 0 aliphatic heterocycles. The highest BCUT2D eigenvalue weighted by atomic mass is 19.1. The molecule has 1 heterocycles. The number of halogens is 1. The summed E-state index contributed by atoms with van der Waals surface area (Å²) in [7, 11) is 0. The molecule has 2 N–H and O–H groups in total. The van der Waals surface area contributed by atoms with Gasteiger partial charge in [0, 0.05) is 28.7 Å². The first-order valence-corrected chi connectivity index (χ1v) is 11.8. The predicted molar refractivity (Wildman–Crippen MR) is 135 cm³/mol. The Morgan fingerprint density at radius 2 is 1.85 bits per heavy atom. The second-order valence-corrected chi connectivity index (χ2v) is 9.82. The second kappa shape index (κ2) is 10.3. The van der Waals surface area contributed by atoms with Gasteiger partial charge < -0.3 is 5.73 Å². The Morgan fingerprint density at radius 3 is 2.47 bits per heavy atom. The summed E-state index contributed by atoms with van der Waals surface area (Å²) in [5.74, 6) is 0.0510. The van der Waals surface area contributed by atoms with E-state index < -0.39 is 11.2 Å². The average Bonchev–Trinajstić information content (AvgIpc) is 2.77. The summed E-state index contributed by atoms with van der Waals surface area (Å²) in [5.41, 5.74) is 8.76. The fourth-order valence-electron chi connectivity index (χ4n) is 3.86. The lowest BCUT2D eigenvalue weighted by Gasteiger charge is -2.20. The monoisotopic (exact) mass is 463 g/mol. The van der Waals surface area contributed by atoms with Crippen LogP contribution in [0.25, 0.3) is 11.1 Å². The lowest BCUT2D eigenvalue weighted by Crippen LogP contribution is -2.35. The summed E-state index contributed by atoms with van der Waals surface area (Å²) >= 11 is 0. The number of aromatic nitrogens is 2. The number of carbonyl (C=O) groups excluding carboxylic acids is 1. The number of hydrogen-bond donors (Lipinski definition) is 1. The van der Waals surface area contributed by atoms with Crippen LogP contribution >= 0.6 is 0 Å². The fourth-order valence-corrected chi connectivity index (χ4v) is 3.86. The number of benzene rings is 2. The van der Waals surface area contributed by atoms with Crippen LogP contribution in [0.5, 0.6) is 0 Å². The molecule has 5 nitrogen and oxygen atoms in total. The van der Waals surface area contributed by atoms with Gasteiger partial charge in [-0.15, -0.1) is 0 Å². The minimum absolute atomic E-state index is 0.0447. The highest BCUT2D eigenvalue weighted by molar-refractivity contribution is 5.83. The number of carbonyl (C=O) groups is 1. The minimum Gasteiger partial charge on any atom is -0.398 e. The molecule has 0 spiro atoms. The SMILES string of the molecule is CCCCc1nc(C)n(CC(=O)C(C)(C)C)c(=O)c1Cc1ccc(-c2ccccc2N)cc1F. The number of rotatable bonds is 8. The van der Waals surface area contributed by atoms with Crippen LogP contribution in [0.15, 0.2) is 47.3 Å². The van der Waals surface area contributed by atoms with Gasteiger partial charge in [-0.1, -0.05) is 64.4 Å². The summed E-state index contributed by atoms with van der Waals surface area (Å²) < 4.78 is 16.6. The van der Waals surface area contributed by atoms with E-state index in [9.17, 15) is 9.59 Å². The van der Waals surface area contributed by atoms with Gasteiger partial charge in [-0.25, -0.2) is 9.37 Å². The van der Waals surface area contributed by atoms with E-state index in [4.69, 9.17) is 5.73 Å². The quantitative estimate of drug-likeness (QED) is 0.448. The van der Waals surface area contributed by atoms with Crippen molar-refractivity contribution in [3.05, 3.63) is 81.3 Å². The van der Waals surface area contributed by atoms with E-state index in [1.807, 2.05) is 45.0 Å². The molecule has 0 aliphatic rings. The Balaban J connectivity index is 2.04. The van der Waals surface area contributed by atoms with Gasteiger partial charge in [0.2, 0.25) is 0 Å². The van der Waals surface area contributed by atoms with Gasteiger partial charge in [0.1, 0.15) is 11.6 Å². The van der Waals surface area contributed by atoms with E-state index in [2.05, 4.69) is 11.9 Å². The molecule has 0 fully saturated rings. The van der Waals surface area contributed by atoms with Crippen LogP contribution in [-0.2, 0) is 24.2 Å². The van der Waals surface area contributed by atoms with E-state index in [0.29, 0.717) is 40.3 Å². The average molecular weight is 464 g/mol. The predicted octanol–water partition coefficient (Wildman–Crippen LogP) is 5.49. The van der Waals surface area contributed by atoms with Gasteiger partial charge in [0.05, 0.1) is 12.2 Å².